The average Bonchev–Trinajstić information content (AvgIpc) is 3.07. The summed E-state index contributed by atoms with van der Waals surface area (Å²) in [4.78, 5) is 25.9. The van der Waals surface area contributed by atoms with Gasteiger partial charge in [-0.2, -0.15) is 5.10 Å². The Kier molecular flexibility index (Phi) is 4.43. The van der Waals surface area contributed by atoms with E-state index in [2.05, 4.69) is 25.4 Å². The van der Waals surface area contributed by atoms with Gasteiger partial charge in [-0.05, 0) is 44.4 Å². The van der Waals surface area contributed by atoms with Crippen LogP contribution in [0.4, 0.5) is 0 Å². The van der Waals surface area contributed by atoms with Gasteiger partial charge in [0.25, 0.3) is 0 Å². The van der Waals surface area contributed by atoms with Gasteiger partial charge in [-0.15, -0.1) is 0 Å². The van der Waals surface area contributed by atoms with E-state index >= 15 is 0 Å². The maximum Gasteiger partial charge on any atom is 0.242 e. The van der Waals surface area contributed by atoms with Gasteiger partial charge >= 0.3 is 0 Å². The Morgan fingerprint density at radius 1 is 1.27 bits per heavy atom. The number of nitrogens with zero attached hydrogens (tertiary/aromatic N) is 5. The highest BCUT2D eigenvalue weighted by Crippen LogP contribution is 2.29. The molecule has 7 nitrogen and oxygen atoms in total. The van der Waals surface area contributed by atoms with E-state index in [1.165, 1.54) is 0 Å². The predicted octanol–water partition coefficient (Wildman–Crippen LogP) is 2.24. The van der Waals surface area contributed by atoms with Gasteiger partial charge in [0, 0.05) is 35.5 Å². The van der Waals surface area contributed by atoms with Crippen molar-refractivity contribution in [2.24, 2.45) is 0 Å². The third kappa shape index (κ3) is 3.33. The minimum atomic E-state index is -0.0556. The summed E-state index contributed by atoms with van der Waals surface area (Å²) in [7, 11) is 0. The number of amides is 1. The molecule has 0 aromatic carbocycles. The van der Waals surface area contributed by atoms with Crippen molar-refractivity contribution >= 4 is 5.91 Å². The fourth-order valence-electron chi connectivity index (χ4n) is 3.26. The van der Waals surface area contributed by atoms with Crippen LogP contribution in [0.15, 0.2) is 42.9 Å². The monoisotopic (exact) mass is 348 g/mol. The largest absolute Gasteiger partial charge is 0.348 e. The molecule has 7 heteroatoms. The van der Waals surface area contributed by atoms with Gasteiger partial charge in [-0.3, -0.25) is 14.5 Å². The van der Waals surface area contributed by atoms with Crippen molar-refractivity contribution in [3.63, 3.8) is 0 Å². The van der Waals surface area contributed by atoms with Crippen LogP contribution in [0.3, 0.4) is 0 Å². The first-order chi connectivity index (χ1) is 12.7. The summed E-state index contributed by atoms with van der Waals surface area (Å²) in [5.74, 6) is 0.576. The molecule has 0 fully saturated rings. The Hall–Kier alpha value is -3.09. The van der Waals surface area contributed by atoms with E-state index in [0.717, 1.165) is 41.9 Å². The van der Waals surface area contributed by atoms with E-state index in [-0.39, 0.29) is 18.5 Å². The summed E-state index contributed by atoms with van der Waals surface area (Å²) < 4.78 is 1.69. The van der Waals surface area contributed by atoms with E-state index in [1.807, 2.05) is 37.4 Å². The number of carbonyl (C=O) groups is 1. The molecule has 132 valence electrons. The van der Waals surface area contributed by atoms with Gasteiger partial charge in [0.05, 0.1) is 6.04 Å². The van der Waals surface area contributed by atoms with E-state index in [4.69, 9.17) is 0 Å². The summed E-state index contributed by atoms with van der Waals surface area (Å²) in [6, 6.07) is 7.52. The molecule has 1 aliphatic rings. The predicted molar refractivity (Wildman–Crippen MR) is 96.0 cm³/mol. The van der Waals surface area contributed by atoms with Crippen molar-refractivity contribution in [1.29, 1.82) is 0 Å². The van der Waals surface area contributed by atoms with Gasteiger partial charge in [0.2, 0.25) is 5.91 Å². The quantitative estimate of drug-likeness (QED) is 0.781. The molecule has 0 spiro atoms. The zero-order valence-electron chi connectivity index (χ0n) is 14.6. The van der Waals surface area contributed by atoms with Crippen LogP contribution in [0.1, 0.15) is 35.8 Å². The van der Waals surface area contributed by atoms with Gasteiger partial charge in [0.15, 0.2) is 5.82 Å². The lowest BCUT2D eigenvalue weighted by molar-refractivity contribution is -0.122. The van der Waals surface area contributed by atoms with Gasteiger partial charge in [-0.1, -0.05) is 6.07 Å². The third-order valence-corrected chi connectivity index (χ3v) is 4.63. The third-order valence-electron chi connectivity index (χ3n) is 4.63. The highest BCUT2D eigenvalue weighted by atomic mass is 16.2. The second-order valence-corrected chi connectivity index (χ2v) is 6.45. The number of hydrogen-bond acceptors (Lipinski definition) is 5. The molecule has 0 saturated heterocycles. The van der Waals surface area contributed by atoms with Crippen LogP contribution in [0, 0.1) is 6.92 Å². The molecule has 1 atom stereocenters. The molecule has 4 rings (SSSR count). The Labute approximate surface area is 151 Å². The van der Waals surface area contributed by atoms with Gasteiger partial charge in [-0.25, -0.2) is 9.97 Å². The first kappa shape index (κ1) is 16.4. The lowest BCUT2D eigenvalue weighted by Crippen LogP contribution is -2.34. The molecule has 0 bridgehead atoms. The molecule has 3 heterocycles. The number of fused-ring (bicyclic) bond motifs is 1. The number of carbonyl (C=O) groups excluding carboxylic acids is 1. The molecule has 26 heavy (non-hydrogen) atoms. The smallest absolute Gasteiger partial charge is 0.242 e. The molecule has 3 aromatic heterocycles. The van der Waals surface area contributed by atoms with Gasteiger partial charge in [0.1, 0.15) is 12.2 Å². The fourth-order valence-corrected chi connectivity index (χ4v) is 3.26. The Balaban J connectivity index is 1.52. The number of pyridine rings is 1. The number of aromatic nitrogens is 5. The van der Waals surface area contributed by atoms with Crippen molar-refractivity contribution in [3.05, 3.63) is 59.8 Å². The Morgan fingerprint density at radius 2 is 2.19 bits per heavy atom. The molecule has 0 unspecified atom stereocenters. The maximum absolute atomic E-state index is 12.4. The molecule has 0 radical (unpaired) electrons. The Morgan fingerprint density at radius 3 is 2.96 bits per heavy atom. The molecule has 0 aliphatic heterocycles. The zero-order chi connectivity index (χ0) is 17.9. The lowest BCUT2D eigenvalue weighted by Gasteiger charge is -2.25. The Bertz CT molecular complexity index is 921. The lowest BCUT2D eigenvalue weighted by atomic mass is 9.92. The number of nitrogens with one attached hydrogen (secondary N) is 1. The zero-order valence-corrected chi connectivity index (χ0v) is 14.6. The number of rotatable bonds is 4. The second kappa shape index (κ2) is 7.03. The molecular formula is C19H20N6O. The van der Waals surface area contributed by atoms with Crippen molar-refractivity contribution in [2.75, 3.05) is 0 Å². The molecule has 3 aromatic rings. The first-order valence-corrected chi connectivity index (χ1v) is 8.76. The van der Waals surface area contributed by atoms with E-state index in [1.54, 1.807) is 17.1 Å². The average molecular weight is 348 g/mol. The minimum absolute atomic E-state index is 0.0524. The van der Waals surface area contributed by atoms with Gasteiger partial charge < -0.3 is 5.32 Å². The van der Waals surface area contributed by atoms with E-state index < -0.39 is 0 Å². The topological polar surface area (TPSA) is 85.6 Å². The van der Waals surface area contributed by atoms with Crippen molar-refractivity contribution in [1.82, 2.24) is 30.0 Å². The molecule has 1 N–H and O–H groups in total. The van der Waals surface area contributed by atoms with Crippen molar-refractivity contribution in [3.8, 4) is 11.5 Å². The second-order valence-electron chi connectivity index (χ2n) is 6.45. The SMILES string of the molecule is Cc1ccnn1CC(=O)N[C@@H]1CCCc2nc(-c3ccccn3)ncc21. The van der Waals surface area contributed by atoms with Crippen LogP contribution >= 0.6 is 0 Å². The summed E-state index contributed by atoms with van der Waals surface area (Å²) in [6.07, 6.45) is 8.03. The van der Waals surface area contributed by atoms with E-state index in [9.17, 15) is 4.79 Å². The van der Waals surface area contributed by atoms with Crippen LogP contribution in [-0.2, 0) is 17.8 Å². The first-order valence-electron chi connectivity index (χ1n) is 8.76. The molecule has 0 saturated carbocycles. The highest BCUT2D eigenvalue weighted by molar-refractivity contribution is 5.76. The molecule has 1 amide bonds. The molecule has 1 aliphatic carbocycles. The normalized spacial score (nSPS) is 16.1. The highest BCUT2D eigenvalue weighted by Gasteiger charge is 2.24. The minimum Gasteiger partial charge on any atom is -0.348 e. The van der Waals surface area contributed by atoms with E-state index in [0.29, 0.717) is 5.82 Å². The van der Waals surface area contributed by atoms with Crippen LogP contribution < -0.4 is 5.32 Å². The number of aryl methyl sites for hydroxylation is 2. The molecular weight excluding hydrogens is 328 g/mol. The standard InChI is InChI=1S/C19H20N6O/c1-13-8-10-22-25(13)12-18(26)23-15-6-4-7-16-14(15)11-21-19(24-16)17-5-2-3-9-20-17/h2-3,5,8-11,15H,4,6-7,12H2,1H3,(H,23,26)/t15-/m1/s1. The summed E-state index contributed by atoms with van der Waals surface area (Å²) in [5, 5.41) is 7.27. The number of hydrogen-bond donors (Lipinski definition) is 1. The summed E-state index contributed by atoms with van der Waals surface area (Å²) in [5.41, 5.74) is 3.72. The van der Waals surface area contributed by atoms with Crippen LogP contribution in [0.25, 0.3) is 11.5 Å². The van der Waals surface area contributed by atoms with Crippen LogP contribution in [0.5, 0.6) is 0 Å². The van der Waals surface area contributed by atoms with Crippen molar-refractivity contribution < 1.29 is 4.79 Å². The fraction of sp³-hybridized carbons (Fsp3) is 0.316. The van der Waals surface area contributed by atoms with Crippen LogP contribution in [-0.4, -0.2) is 30.6 Å². The maximum atomic E-state index is 12.4. The summed E-state index contributed by atoms with van der Waals surface area (Å²) >= 11 is 0. The van der Waals surface area contributed by atoms with Crippen LogP contribution in [0.2, 0.25) is 0 Å². The van der Waals surface area contributed by atoms with Crippen molar-refractivity contribution in [2.45, 2.75) is 38.8 Å². The summed E-state index contributed by atoms with van der Waals surface area (Å²) in [6.45, 7) is 2.15.